The van der Waals surface area contributed by atoms with Crippen molar-refractivity contribution in [2.24, 2.45) is 0 Å². The third-order valence-electron chi connectivity index (χ3n) is 5.33. The molecular weight excluding hydrogens is 434 g/mol. The van der Waals surface area contributed by atoms with Gasteiger partial charge in [0.2, 0.25) is 0 Å². The molecule has 3 rings (SSSR count). The second-order valence-corrected chi connectivity index (χ2v) is 7.42. The van der Waals surface area contributed by atoms with Crippen LogP contribution in [0.4, 0.5) is 21.9 Å². The van der Waals surface area contributed by atoms with E-state index in [9.17, 15) is 19.8 Å². The van der Waals surface area contributed by atoms with E-state index in [0.717, 1.165) is 40.2 Å². The average molecular weight is 464 g/mol. The van der Waals surface area contributed by atoms with Crippen LogP contribution in [0.3, 0.4) is 0 Å². The minimum Gasteiger partial charge on any atom is -1.00 e. The summed E-state index contributed by atoms with van der Waals surface area (Å²) in [5, 5.41) is 21.4. The van der Waals surface area contributed by atoms with Crippen molar-refractivity contribution in [1.82, 2.24) is 0 Å². The van der Waals surface area contributed by atoms with Gasteiger partial charge in [-0.2, -0.15) is 0 Å². The molecule has 0 saturated heterocycles. The second-order valence-electron chi connectivity index (χ2n) is 7.42. The van der Waals surface area contributed by atoms with Crippen molar-refractivity contribution in [2.45, 2.75) is 19.8 Å². The van der Waals surface area contributed by atoms with Gasteiger partial charge in [0.05, 0.1) is 31.2 Å². The van der Waals surface area contributed by atoms with E-state index in [1.807, 2.05) is 36.4 Å². The molecule has 32 heavy (non-hydrogen) atoms. The Morgan fingerprint density at radius 1 is 1.03 bits per heavy atom. The number of hydrogen-bond donors (Lipinski definition) is 4. The summed E-state index contributed by atoms with van der Waals surface area (Å²) in [7, 11) is 0. The van der Waals surface area contributed by atoms with E-state index in [1.165, 1.54) is 0 Å². The van der Waals surface area contributed by atoms with E-state index in [2.05, 4.69) is 5.32 Å². The molecule has 0 fully saturated rings. The standard InChI is InChI=1S/C23H29N3O5.ClH/c1-2-31-23(30)24-19-10-9-18-8-7-17-5-3-4-6-20(17)26(21(18)15-19)22(29)16-25(11-13-27)12-14-28;/h3-6,9-10,15,27-28H,2,7-8,11-14,16H2,1H3,(H,24,30);1H. The SMILES string of the molecule is CCOC(=O)Nc1ccc2c(c1)N(C(=O)C[NH+](CCO)CCO)c1ccccc1CC2.[Cl-]. The number of benzene rings is 2. The maximum Gasteiger partial charge on any atom is 0.411 e. The number of anilines is 3. The van der Waals surface area contributed by atoms with Crippen LogP contribution >= 0.6 is 0 Å². The van der Waals surface area contributed by atoms with Crippen molar-refractivity contribution in [3.05, 3.63) is 53.6 Å². The fraction of sp³-hybridized carbons (Fsp3) is 0.391. The molecule has 0 saturated carbocycles. The Morgan fingerprint density at radius 3 is 2.34 bits per heavy atom. The zero-order chi connectivity index (χ0) is 22.2. The summed E-state index contributed by atoms with van der Waals surface area (Å²) in [5.74, 6) is -0.138. The number of rotatable bonds is 8. The number of aliphatic hydroxyl groups is 2. The molecule has 4 N–H and O–H groups in total. The number of nitrogens with zero attached hydrogens (tertiary/aromatic N) is 1. The van der Waals surface area contributed by atoms with Crippen molar-refractivity contribution in [3.63, 3.8) is 0 Å². The molecule has 0 radical (unpaired) electrons. The van der Waals surface area contributed by atoms with E-state index in [4.69, 9.17) is 4.74 Å². The maximum atomic E-state index is 13.5. The zero-order valence-corrected chi connectivity index (χ0v) is 18.9. The van der Waals surface area contributed by atoms with E-state index < -0.39 is 6.09 Å². The summed E-state index contributed by atoms with van der Waals surface area (Å²) in [6.45, 7) is 2.75. The van der Waals surface area contributed by atoms with Crippen LogP contribution in [-0.2, 0) is 22.4 Å². The normalized spacial score (nSPS) is 12.3. The van der Waals surface area contributed by atoms with Crippen LogP contribution < -0.4 is 27.5 Å². The molecule has 1 heterocycles. The molecule has 174 valence electrons. The van der Waals surface area contributed by atoms with Gasteiger partial charge in [-0.1, -0.05) is 24.3 Å². The first-order valence-corrected chi connectivity index (χ1v) is 10.6. The number of hydrogen-bond acceptors (Lipinski definition) is 5. The molecule has 0 atom stereocenters. The highest BCUT2D eigenvalue weighted by Crippen LogP contribution is 2.37. The Hall–Kier alpha value is -2.65. The maximum absolute atomic E-state index is 13.5. The van der Waals surface area contributed by atoms with Gasteiger partial charge in [-0.3, -0.25) is 15.0 Å². The number of quaternary nitrogens is 1. The molecule has 0 spiro atoms. The molecule has 0 unspecified atom stereocenters. The molecule has 1 aliphatic heterocycles. The van der Waals surface area contributed by atoms with Crippen molar-refractivity contribution < 1.29 is 41.8 Å². The monoisotopic (exact) mass is 463 g/mol. The number of ether oxygens (including phenoxy) is 1. The summed E-state index contributed by atoms with van der Waals surface area (Å²) in [6, 6.07) is 13.3. The number of nitrogens with one attached hydrogen (secondary N) is 2. The highest BCUT2D eigenvalue weighted by molar-refractivity contribution is 6.03. The molecular formula is C23H30ClN3O5. The van der Waals surface area contributed by atoms with Gasteiger partial charge in [0.15, 0.2) is 6.54 Å². The van der Waals surface area contributed by atoms with Crippen LogP contribution in [0.1, 0.15) is 18.1 Å². The molecule has 1 aliphatic rings. The fourth-order valence-electron chi connectivity index (χ4n) is 3.87. The lowest BCUT2D eigenvalue weighted by Crippen LogP contribution is -3.14. The summed E-state index contributed by atoms with van der Waals surface area (Å²) in [6.07, 6.45) is 1.01. The van der Waals surface area contributed by atoms with Gasteiger partial charge in [0.25, 0.3) is 5.91 Å². The molecule has 0 bridgehead atoms. The Balaban J connectivity index is 0.00000363. The van der Waals surface area contributed by atoms with Gasteiger partial charge < -0.3 is 32.3 Å². The van der Waals surface area contributed by atoms with E-state index in [1.54, 1.807) is 17.9 Å². The van der Waals surface area contributed by atoms with Crippen LogP contribution in [0.5, 0.6) is 0 Å². The lowest BCUT2D eigenvalue weighted by molar-refractivity contribution is -0.892. The van der Waals surface area contributed by atoms with Crippen molar-refractivity contribution >= 4 is 29.1 Å². The molecule has 0 aromatic heterocycles. The largest absolute Gasteiger partial charge is 1.00 e. The highest BCUT2D eigenvalue weighted by Gasteiger charge is 2.28. The number of amides is 2. The topological polar surface area (TPSA) is 104 Å². The van der Waals surface area contributed by atoms with Gasteiger partial charge in [-0.05, 0) is 49.1 Å². The summed E-state index contributed by atoms with van der Waals surface area (Å²) in [5.41, 5.74) is 4.15. The van der Waals surface area contributed by atoms with Gasteiger partial charge in [0, 0.05) is 5.69 Å². The Kier molecular flexibility index (Phi) is 9.93. The number of aliphatic hydroxyl groups excluding tert-OH is 2. The number of aryl methyl sites for hydroxylation is 2. The molecule has 8 nitrogen and oxygen atoms in total. The Labute approximate surface area is 194 Å². The van der Waals surface area contributed by atoms with Gasteiger partial charge in [-0.15, -0.1) is 0 Å². The average Bonchev–Trinajstić information content (AvgIpc) is 2.91. The van der Waals surface area contributed by atoms with Gasteiger partial charge in [-0.25, -0.2) is 4.79 Å². The van der Waals surface area contributed by atoms with Crippen LogP contribution in [0.15, 0.2) is 42.5 Å². The number of halogens is 1. The zero-order valence-electron chi connectivity index (χ0n) is 18.1. The summed E-state index contributed by atoms with van der Waals surface area (Å²) in [4.78, 5) is 27.9. The molecule has 0 aliphatic carbocycles. The summed E-state index contributed by atoms with van der Waals surface area (Å²) < 4.78 is 4.97. The molecule has 2 amide bonds. The van der Waals surface area contributed by atoms with E-state index in [-0.39, 0.29) is 44.7 Å². The number of carbonyl (C=O) groups excluding carboxylic acids is 2. The van der Waals surface area contributed by atoms with Crippen molar-refractivity contribution in [2.75, 3.05) is 49.7 Å². The Morgan fingerprint density at radius 2 is 1.69 bits per heavy atom. The minimum absolute atomic E-state index is 0. The third-order valence-corrected chi connectivity index (χ3v) is 5.33. The van der Waals surface area contributed by atoms with Crippen molar-refractivity contribution in [3.8, 4) is 0 Å². The lowest BCUT2D eigenvalue weighted by Gasteiger charge is -2.27. The first-order chi connectivity index (χ1) is 15.1. The molecule has 2 aromatic carbocycles. The molecule has 9 heteroatoms. The smallest absolute Gasteiger partial charge is 0.411 e. The van der Waals surface area contributed by atoms with Crippen LogP contribution in [-0.4, -0.2) is 61.7 Å². The molecule has 2 aromatic rings. The minimum atomic E-state index is -0.546. The van der Waals surface area contributed by atoms with Gasteiger partial charge >= 0.3 is 6.09 Å². The van der Waals surface area contributed by atoms with Crippen LogP contribution in [0.25, 0.3) is 0 Å². The van der Waals surface area contributed by atoms with E-state index >= 15 is 0 Å². The van der Waals surface area contributed by atoms with E-state index in [0.29, 0.717) is 18.8 Å². The fourth-order valence-corrected chi connectivity index (χ4v) is 3.87. The lowest BCUT2D eigenvalue weighted by atomic mass is 10.0. The highest BCUT2D eigenvalue weighted by atomic mass is 35.5. The number of para-hydroxylation sites is 1. The van der Waals surface area contributed by atoms with Gasteiger partial charge in [0.1, 0.15) is 13.1 Å². The number of fused-ring (bicyclic) bond motifs is 2. The predicted octanol–water partition coefficient (Wildman–Crippen LogP) is -2.11. The van der Waals surface area contributed by atoms with Crippen LogP contribution in [0, 0.1) is 0 Å². The van der Waals surface area contributed by atoms with Crippen LogP contribution in [0.2, 0.25) is 0 Å². The first kappa shape index (κ1) is 25.6. The predicted molar refractivity (Wildman–Crippen MR) is 118 cm³/mol. The first-order valence-electron chi connectivity index (χ1n) is 10.6. The Bertz CT molecular complexity index is 918. The number of carbonyl (C=O) groups is 2. The second kappa shape index (κ2) is 12.4. The quantitative estimate of drug-likeness (QED) is 0.359. The van der Waals surface area contributed by atoms with Crippen molar-refractivity contribution in [1.29, 1.82) is 0 Å². The third kappa shape index (κ3) is 6.20. The summed E-state index contributed by atoms with van der Waals surface area (Å²) >= 11 is 0.